The first-order valence-electron chi connectivity index (χ1n) is 6.99. The molecule has 0 unspecified atom stereocenters. The molecule has 2 rings (SSSR count). The summed E-state index contributed by atoms with van der Waals surface area (Å²) in [5.74, 6) is 0.338. The lowest BCUT2D eigenvalue weighted by Gasteiger charge is -2.42. The van der Waals surface area contributed by atoms with E-state index in [0.717, 1.165) is 32.4 Å². The summed E-state index contributed by atoms with van der Waals surface area (Å²) in [7, 11) is 0. The Hall–Kier alpha value is -0.570. The van der Waals surface area contributed by atoms with Crippen molar-refractivity contribution in [2.45, 2.75) is 52.4 Å². The Morgan fingerprint density at radius 2 is 1.82 bits per heavy atom. The molecule has 17 heavy (non-hydrogen) atoms. The predicted molar refractivity (Wildman–Crippen MR) is 69.6 cm³/mol. The molecule has 1 aliphatic heterocycles. The van der Waals surface area contributed by atoms with E-state index in [1.165, 1.54) is 19.3 Å². The Morgan fingerprint density at radius 1 is 1.18 bits per heavy atom. The summed E-state index contributed by atoms with van der Waals surface area (Å²) >= 11 is 0. The molecule has 2 fully saturated rings. The minimum Gasteiger partial charge on any atom is -0.342 e. The second-order valence-corrected chi connectivity index (χ2v) is 6.69. The van der Waals surface area contributed by atoms with Crippen LogP contribution < -0.4 is 5.73 Å². The van der Waals surface area contributed by atoms with Crippen LogP contribution >= 0.6 is 0 Å². The van der Waals surface area contributed by atoms with Gasteiger partial charge in [0.1, 0.15) is 0 Å². The number of carbonyl (C=O) groups excluding carboxylic acids is 1. The number of amides is 1. The van der Waals surface area contributed by atoms with Crippen molar-refractivity contribution < 1.29 is 4.79 Å². The normalized spacial score (nSPS) is 27.1. The van der Waals surface area contributed by atoms with Crippen LogP contribution in [0.25, 0.3) is 0 Å². The monoisotopic (exact) mass is 238 g/mol. The van der Waals surface area contributed by atoms with Gasteiger partial charge in [-0.1, -0.05) is 26.7 Å². The fraction of sp³-hybridized carbons (Fsp3) is 0.929. The van der Waals surface area contributed by atoms with Crippen molar-refractivity contribution in [2.24, 2.45) is 16.6 Å². The number of rotatable bonds is 2. The minimum atomic E-state index is -0.215. The van der Waals surface area contributed by atoms with Crippen molar-refractivity contribution in [1.82, 2.24) is 4.90 Å². The van der Waals surface area contributed by atoms with Crippen molar-refractivity contribution in [1.29, 1.82) is 0 Å². The summed E-state index contributed by atoms with van der Waals surface area (Å²) in [6, 6.07) is 0. The maximum atomic E-state index is 12.7. The van der Waals surface area contributed by atoms with Crippen molar-refractivity contribution in [3.63, 3.8) is 0 Å². The van der Waals surface area contributed by atoms with E-state index in [0.29, 0.717) is 12.5 Å². The number of hydrogen-bond donors (Lipinski definition) is 1. The van der Waals surface area contributed by atoms with Gasteiger partial charge in [0.05, 0.1) is 5.41 Å². The van der Waals surface area contributed by atoms with E-state index >= 15 is 0 Å². The van der Waals surface area contributed by atoms with Crippen LogP contribution in [0.3, 0.4) is 0 Å². The molecule has 98 valence electrons. The van der Waals surface area contributed by atoms with Crippen molar-refractivity contribution in [3.05, 3.63) is 0 Å². The maximum Gasteiger partial charge on any atom is 0.230 e. The lowest BCUT2D eigenvalue weighted by Crippen LogP contribution is -2.51. The van der Waals surface area contributed by atoms with Crippen LogP contribution in [-0.2, 0) is 4.79 Å². The number of likely N-dealkylation sites (tertiary alicyclic amines) is 1. The zero-order chi connectivity index (χ0) is 12.5. The first kappa shape index (κ1) is 12.9. The molecule has 1 heterocycles. The second kappa shape index (κ2) is 4.60. The topological polar surface area (TPSA) is 46.3 Å². The van der Waals surface area contributed by atoms with Crippen LogP contribution in [0.4, 0.5) is 0 Å². The van der Waals surface area contributed by atoms with E-state index in [1.54, 1.807) is 0 Å². The highest BCUT2D eigenvalue weighted by Crippen LogP contribution is 2.40. The Balaban J connectivity index is 2.08. The van der Waals surface area contributed by atoms with Crippen LogP contribution in [0.1, 0.15) is 52.4 Å². The number of piperidine rings is 1. The van der Waals surface area contributed by atoms with Gasteiger partial charge in [-0.15, -0.1) is 0 Å². The zero-order valence-electron chi connectivity index (χ0n) is 11.3. The van der Waals surface area contributed by atoms with Gasteiger partial charge in [-0.25, -0.2) is 0 Å². The van der Waals surface area contributed by atoms with Crippen molar-refractivity contribution in [3.8, 4) is 0 Å². The third kappa shape index (κ3) is 2.49. The Kier molecular flexibility index (Phi) is 3.48. The van der Waals surface area contributed by atoms with Crippen molar-refractivity contribution in [2.75, 3.05) is 19.6 Å². The summed E-state index contributed by atoms with van der Waals surface area (Å²) in [6.45, 7) is 6.90. The molecule has 0 aromatic carbocycles. The lowest BCUT2D eigenvalue weighted by molar-refractivity contribution is -0.144. The van der Waals surface area contributed by atoms with E-state index in [2.05, 4.69) is 18.7 Å². The highest BCUT2D eigenvalue weighted by molar-refractivity contribution is 5.83. The van der Waals surface area contributed by atoms with E-state index in [4.69, 9.17) is 5.73 Å². The van der Waals surface area contributed by atoms with Gasteiger partial charge in [0, 0.05) is 19.6 Å². The second-order valence-electron chi connectivity index (χ2n) is 6.69. The Morgan fingerprint density at radius 3 is 2.35 bits per heavy atom. The first-order chi connectivity index (χ1) is 7.99. The van der Waals surface area contributed by atoms with Crippen LogP contribution in [0, 0.1) is 10.8 Å². The van der Waals surface area contributed by atoms with Gasteiger partial charge in [-0.05, 0) is 31.1 Å². The minimum absolute atomic E-state index is 0.215. The standard InChI is InChI=1S/C14H26N2O/c1-13(2)6-5-9-16(11-13)12(17)14(10-15)7-3-4-8-14/h3-11,15H2,1-2H3. The van der Waals surface area contributed by atoms with Gasteiger partial charge in [0.2, 0.25) is 5.91 Å². The molecule has 1 saturated heterocycles. The highest BCUT2D eigenvalue weighted by atomic mass is 16.2. The summed E-state index contributed by atoms with van der Waals surface area (Å²) in [4.78, 5) is 14.8. The first-order valence-corrected chi connectivity index (χ1v) is 6.99. The molecule has 3 heteroatoms. The quantitative estimate of drug-likeness (QED) is 0.801. The maximum absolute atomic E-state index is 12.7. The molecule has 0 bridgehead atoms. The van der Waals surface area contributed by atoms with E-state index in [1.807, 2.05) is 0 Å². The largest absolute Gasteiger partial charge is 0.342 e. The number of carbonyl (C=O) groups is 1. The summed E-state index contributed by atoms with van der Waals surface area (Å²) in [5.41, 5.74) is 5.96. The van der Waals surface area contributed by atoms with E-state index in [-0.39, 0.29) is 10.8 Å². The summed E-state index contributed by atoms with van der Waals surface area (Å²) in [5, 5.41) is 0. The summed E-state index contributed by atoms with van der Waals surface area (Å²) in [6.07, 6.45) is 6.70. The van der Waals surface area contributed by atoms with Gasteiger partial charge in [-0.2, -0.15) is 0 Å². The molecule has 1 saturated carbocycles. The molecular weight excluding hydrogens is 212 g/mol. The van der Waals surface area contributed by atoms with Gasteiger partial charge in [0.25, 0.3) is 0 Å². The van der Waals surface area contributed by atoms with Crippen molar-refractivity contribution >= 4 is 5.91 Å². The van der Waals surface area contributed by atoms with Gasteiger partial charge in [-0.3, -0.25) is 4.79 Å². The molecule has 2 N–H and O–H groups in total. The van der Waals surface area contributed by atoms with Gasteiger partial charge < -0.3 is 10.6 Å². The smallest absolute Gasteiger partial charge is 0.230 e. The molecule has 0 aromatic rings. The number of nitrogens with two attached hydrogens (primary N) is 1. The zero-order valence-corrected chi connectivity index (χ0v) is 11.3. The van der Waals surface area contributed by atoms with E-state index < -0.39 is 0 Å². The fourth-order valence-electron chi connectivity index (χ4n) is 3.49. The van der Waals surface area contributed by atoms with Crippen LogP contribution in [0.5, 0.6) is 0 Å². The highest BCUT2D eigenvalue weighted by Gasteiger charge is 2.43. The van der Waals surface area contributed by atoms with Crippen LogP contribution in [0.2, 0.25) is 0 Å². The molecular formula is C14H26N2O. The molecule has 0 radical (unpaired) electrons. The third-order valence-electron chi connectivity index (χ3n) is 4.59. The molecule has 0 spiro atoms. The predicted octanol–water partition coefficient (Wildman–Crippen LogP) is 2.15. The molecule has 0 atom stereocenters. The van der Waals surface area contributed by atoms with Crippen LogP contribution in [0.15, 0.2) is 0 Å². The molecule has 0 aromatic heterocycles. The third-order valence-corrected chi connectivity index (χ3v) is 4.59. The average Bonchev–Trinajstić information content (AvgIpc) is 2.76. The molecule has 1 amide bonds. The van der Waals surface area contributed by atoms with Gasteiger partial charge >= 0.3 is 0 Å². The van der Waals surface area contributed by atoms with Crippen LogP contribution in [-0.4, -0.2) is 30.4 Å². The SMILES string of the molecule is CC1(C)CCCN(C(=O)C2(CN)CCCC2)C1. The Labute approximate surface area is 105 Å². The average molecular weight is 238 g/mol. The van der Waals surface area contributed by atoms with E-state index in [9.17, 15) is 4.79 Å². The van der Waals surface area contributed by atoms with Gasteiger partial charge in [0.15, 0.2) is 0 Å². The number of nitrogens with zero attached hydrogens (tertiary/aromatic N) is 1. The number of hydrogen-bond acceptors (Lipinski definition) is 2. The fourth-order valence-corrected chi connectivity index (χ4v) is 3.49. The molecule has 1 aliphatic carbocycles. The summed E-state index contributed by atoms with van der Waals surface area (Å²) < 4.78 is 0. The Bertz CT molecular complexity index is 293. The molecule has 3 nitrogen and oxygen atoms in total. The molecule has 2 aliphatic rings. The lowest BCUT2D eigenvalue weighted by atomic mass is 9.80.